The molecule has 2 aliphatic rings. The van der Waals surface area contributed by atoms with Crippen molar-refractivity contribution in [1.29, 1.82) is 0 Å². The minimum atomic E-state index is -0.830. The van der Waals surface area contributed by atoms with Crippen LogP contribution in [0.4, 0.5) is 0 Å². The summed E-state index contributed by atoms with van der Waals surface area (Å²) in [6, 6.07) is 0. The lowest BCUT2D eigenvalue weighted by atomic mass is 9.94. The Morgan fingerprint density at radius 1 is 0.680 bits per heavy atom. The summed E-state index contributed by atoms with van der Waals surface area (Å²) < 4.78 is 33.6. The van der Waals surface area contributed by atoms with Crippen LogP contribution in [-0.4, -0.2) is 99.2 Å². The van der Waals surface area contributed by atoms with Gasteiger partial charge in [0, 0.05) is 21.3 Å². The van der Waals surface area contributed by atoms with Crippen LogP contribution in [0.2, 0.25) is 0 Å². The van der Waals surface area contributed by atoms with Crippen molar-refractivity contribution in [2.45, 2.75) is 81.8 Å². The monoisotopic (exact) mass is 364 g/mol. The maximum Gasteiger partial charge on any atom is 0.114 e. The Kier molecular flexibility index (Phi) is 7.60. The van der Waals surface area contributed by atoms with Gasteiger partial charge in [0.15, 0.2) is 0 Å². The highest BCUT2D eigenvalue weighted by Crippen LogP contribution is 2.28. The van der Waals surface area contributed by atoms with E-state index in [1.54, 1.807) is 0 Å². The quantitative estimate of drug-likeness (QED) is 0.665. The Morgan fingerprint density at radius 3 is 1.64 bits per heavy atom. The number of aliphatic hydroxyl groups excluding tert-OH is 2. The smallest absolute Gasteiger partial charge is 0.114 e. The lowest BCUT2D eigenvalue weighted by Gasteiger charge is -2.45. The minimum Gasteiger partial charge on any atom is -0.387 e. The molecule has 25 heavy (non-hydrogen) atoms. The van der Waals surface area contributed by atoms with Crippen LogP contribution in [0.5, 0.6) is 0 Å². The van der Waals surface area contributed by atoms with E-state index in [1.165, 1.54) is 21.3 Å². The largest absolute Gasteiger partial charge is 0.387 e. The lowest BCUT2D eigenvalue weighted by molar-refractivity contribution is -0.265. The van der Waals surface area contributed by atoms with Crippen LogP contribution in [0.25, 0.3) is 0 Å². The van der Waals surface area contributed by atoms with Gasteiger partial charge in [0.1, 0.15) is 42.7 Å². The normalized spacial score (nSPS) is 48.5. The standard InChI is InChI=1S/C17H32O8/c1-8-14(20-4)12(18)16(10(3)24-8)23-7-11-17(22-6)13(19)15(21-5)9(2)25-11/h8-19H,7H2,1-6H3/t8-,9-,10-,11-,12-,13+,14-,15-,16-,17-/m0/s1. The Morgan fingerprint density at radius 2 is 1.12 bits per heavy atom. The fraction of sp³-hybridized carbons (Fsp3) is 1.00. The van der Waals surface area contributed by atoms with Gasteiger partial charge in [-0.25, -0.2) is 0 Å². The van der Waals surface area contributed by atoms with E-state index in [9.17, 15) is 10.2 Å². The molecular formula is C17H32O8. The van der Waals surface area contributed by atoms with Crippen LogP contribution >= 0.6 is 0 Å². The van der Waals surface area contributed by atoms with Gasteiger partial charge in [-0.15, -0.1) is 0 Å². The predicted octanol–water partition coefficient (Wildman–Crippen LogP) is -0.267. The summed E-state index contributed by atoms with van der Waals surface area (Å²) >= 11 is 0. The van der Waals surface area contributed by atoms with Gasteiger partial charge in [-0.1, -0.05) is 0 Å². The fourth-order valence-corrected chi connectivity index (χ4v) is 3.88. The van der Waals surface area contributed by atoms with Crippen LogP contribution in [0, 0.1) is 0 Å². The summed E-state index contributed by atoms with van der Waals surface area (Å²) in [6.45, 7) is 5.69. The molecule has 0 radical (unpaired) electrons. The molecule has 0 aromatic carbocycles. The topological polar surface area (TPSA) is 95.8 Å². The molecule has 10 atom stereocenters. The van der Waals surface area contributed by atoms with Crippen LogP contribution in [-0.2, 0) is 28.4 Å². The van der Waals surface area contributed by atoms with Crippen molar-refractivity contribution in [1.82, 2.24) is 0 Å². The fourth-order valence-electron chi connectivity index (χ4n) is 3.88. The van der Waals surface area contributed by atoms with Crippen molar-refractivity contribution in [2.75, 3.05) is 27.9 Å². The van der Waals surface area contributed by atoms with Crippen LogP contribution in [0.3, 0.4) is 0 Å². The first-order chi connectivity index (χ1) is 11.8. The summed E-state index contributed by atoms with van der Waals surface area (Å²) in [4.78, 5) is 0. The molecule has 2 N–H and O–H groups in total. The van der Waals surface area contributed by atoms with Gasteiger partial charge in [-0.3, -0.25) is 0 Å². The van der Waals surface area contributed by atoms with Gasteiger partial charge in [0.05, 0.1) is 24.9 Å². The van der Waals surface area contributed by atoms with Crippen molar-refractivity contribution in [3.8, 4) is 0 Å². The van der Waals surface area contributed by atoms with E-state index in [-0.39, 0.29) is 24.9 Å². The van der Waals surface area contributed by atoms with Crippen LogP contribution in [0.15, 0.2) is 0 Å². The van der Waals surface area contributed by atoms with Gasteiger partial charge in [0.25, 0.3) is 0 Å². The highest BCUT2D eigenvalue weighted by atomic mass is 16.6. The molecule has 8 nitrogen and oxygen atoms in total. The molecule has 0 saturated carbocycles. The molecule has 2 saturated heterocycles. The minimum absolute atomic E-state index is 0.149. The summed E-state index contributed by atoms with van der Waals surface area (Å²) in [6.07, 6.45) is -5.04. The number of aliphatic hydroxyl groups is 2. The van der Waals surface area contributed by atoms with Gasteiger partial charge in [-0.2, -0.15) is 0 Å². The number of rotatable bonds is 6. The third kappa shape index (κ3) is 4.33. The molecule has 8 heteroatoms. The zero-order valence-corrected chi connectivity index (χ0v) is 15.8. The van der Waals surface area contributed by atoms with Gasteiger partial charge >= 0.3 is 0 Å². The summed E-state index contributed by atoms with van der Waals surface area (Å²) in [5.41, 5.74) is 0. The third-order valence-electron chi connectivity index (χ3n) is 5.19. The first kappa shape index (κ1) is 21.0. The molecule has 0 aliphatic carbocycles. The molecule has 0 spiro atoms. The molecule has 0 amide bonds. The van der Waals surface area contributed by atoms with Crippen molar-refractivity contribution < 1.29 is 38.6 Å². The van der Waals surface area contributed by atoms with Crippen molar-refractivity contribution in [2.24, 2.45) is 0 Å². The molecule has 2 fully saturated rings. The number of hydrogen-bond donors (Lipinski definition) is 2. The summed E-state index contributed by atoms with van der Waals surface area (Å²) in [5.74, 6) is 0. The molecule has 2 aliphatic heterocycles. The van der Waals surface area contributed by atoms with Crippen molar-refractivity contribution in [3.05, 3.63) is 0 Å². The molecule has 148 valence electrons. The lowest BCUT2D eigenvalue weighted by Crippen LogP contribution is -2.61. The van der Waals surface area contributed by atoms with E-state index in [2.05, 4.69) is 0 Å². The molecule has 2 heterocycles. The predicted molar refractivity (Wildman–Crippen MR) is 88.5 cm³/mol. The Hall–Kier alpha value is -0.320. The van der Waals surface area contributed by atoms with E-state index in [0.29, 0.717) is 0 Å². The highest BCUT2D eigenvalue weighted by molar-refractivity contribution is 4.94. The van der Waals surface area contributed by atoms with Gasteiger partial charge in [0.2, 0.25) is 0 Å². The first-order valence-electron chi connectivity index (χ1n) is 8.72. The average molecular weight is 364 g/mol. The Balaban J connectivity index is 2.01. The van der Waals surface area contributed by atoms with Crippen molar-refractivity contribution in [3.63, 3.8) is 0 Å². The molecule has 0 unspecified atom stereocenters. The van der Waals surface area contributed by atoms with Crippen LogP contribution < -0.4 is 0 Å². The maximum absolute atomic E-state index is 10.5. The first-order valence-corrected chi connectivity index (χ1v) is 8.72. The van der Waals surface area contributed by atoms with E-state index >= 15 is 0 Å². The van der Waals surface area contributed by atoms with Gasteiger partial charge < -0.3 is 38.6 Å². The number of methoxy groups -OCH3 is 3. The van der Waals surface area contributed by atoms with E-state index < -0.39 is 42.7 Å². The number of hydrogen-bond acceptors (Lipinski definition) is 8. The second-order valence-corrected chi connectivity index (χ2v) is 6.81. The zero-order valence-electron chi connectivity index (χ0n) is 15.8. The van der Waals surface area contributed by atoms with E-state index in [0.717, 1.165) is 0 Å². The molecule has 0 bridgehead atoms. The molecule has 0 aromatic rings. The Labute approximate surface area is 149 Å². The maximum atomic E-state index is 10.5. The second-order valence-electron chi connectivity index (χ2n) is 6.81. The van der Waals surface area contributed by atoms with E-state index in [1.807, 2.05) is 20.8 Å². The van der Waals surface area contributed by atoms with Crippen molar-refractivity contribution >= 4 is 0 Å². The highest BCUT2D eigenvalue weighted by Gasteiger charge is 2.46. The Bertz CT molecular complexity index is 408. The summed E-state index contributed by atoms with van der Waals surface area (Å²) in [7, 11) is 4.58. The number of ether oxygens (including phenoxy) is 6. The second kappa shape index (κ2) is 9.05. The van der Waals surface area contributed by atoms with Crippen LogP contribution in [0.1, 0.15) is 20.8 Å². The molecular weight excluding hydrogens is 332 g/mol. The summed E-state index contributed by atoms with van der Waals surface area (Å²) in [5, 5.41) is 21.0. The SMILES string of the molecule is CO[C@@H]1[C@H](O)[C@@H](OC[C@@H]2O[C@@H](C)[C@H](OC)[C@@H](O)[C@H]2OC)[C@H](C)O[C@H]1C. The zero-order chi connectivity index (χ0) is 18.7. The van der Waals surface area contributed by atoms with E-state index in [4.69, 9.17) is 28.4 Å². The van der Waals surface area contributed by atoms with Gasteiger partial charge in [-0.05, 0) is 20.8 Å². The molecule has 2 rings (SSSR count). The average Bonchev–Trinajstić information content (AvgIpc) is 2.55. The third-order valence-corrected chi connectivity index (χ3v) is 5.19. The molecule has 0 aromatic heterocycles.